The smallest absolute Gasteiger partial charge is 0.238 e. The van der Waals surface area contributed by atoms with Gasteiger partial charge < -0.3 is 4.90 Å². The van der Waals surface area contributed by atoms with E-state index in [1.54, 1.807) is 0 Å². The summed E-state index contributed by atoms with van der Waals surface area (Å²) in [7, 11) is -3.23. The highest BCUT2D eigenvalue weighted by atomic mass is 32.2. The monoisotopic (exact) mass is 336 g/mol. The fourth-order valence-corrected chi connectivity index (χ4v) is 5.01. The van der Waals surface area contributed by atoms with E-state index in [1.807, 2.05) is 23.1 Å². The first-order chi connectivity index (χ1) is 11.1. The van der Waals surface area contributed by atoms with Gasteiger partial charge >= 0.3 is 0 Å². The van der Waals surface area contributed by atoms with Gasteiger partial charge in [-0.05, 0) is 24.8 Å². The number of carbonyl (C=O) groups excluding carboxylic acids is 1. The van der Waals surface area contributed by atoms with Crippen molar-refractivity contribution in [3.8, 4) is 0 Å². The number of hydrogen-bond acceptors (Lipinski definition) is 3. The molecular formula is C17H24N2O3S. The topological polar surface area (TPSA) is 57.7 Å². The Kier molecular flexibility index (Phi) is 5.02. The molecule has 0 spiro atoms. The average molecular weight is 336 g/mol. The minimum absolute atomic E-state index is 0.00827. The summed E-state index contributed by atoms with van der Waals surface area (Å²) < 4.78 is 25.3. The van der Waals surface area contributed by atoms with Gasteiger partial charge in [0.15, 0.2) is 0 Å². The number of carbonyl (C=O) groups is 1. The van der Waals surface area contributed by atoms with Gasteiger partial charge in [0.2, 0.25) is 15.9 Å². The van der Waals surface area contributed by atoms with Crippen molar-refractivity contribution >= 4 is 15.9 Å². The third-order valence-electron chi connectivity index (χ3n) is 4.77. The van der Waals surface area contributed by atoms with Crippen LogP contribution in [-0.2, 0) is 14.8 Å². The Morgan fingerprint density at radius 1 is 1.04 bits per heavy atom. The molecule has 6 heteroatoms. The summed E-state index contributed by atoms with van der Waals surface area (Å²) in [5, 5.41) is 0. The van der Waals surface area contributed by atoms with Crippen LogP contribution in [-0.4, -0.2) is 48.9 Å². The van der Waals surface area contributed by atoms with Gasteiger partial charge in [-0.2, -0.15) is 4.31 Å². The third kappa shape index (κ3) is 3.75. The second-order valence-electron chi connectivity index (χ2n) is 6.37. The fourth-order valence-electron chi connectivity index (χ4n) is 3.54. The summed E-state index contributed by atoms with van der Waals surface area (Å²) in [6, 6.07) is 10.1. The molecule has 0 N–H and O–H groups in total. The zero-order valence-corrected chi connectivity index (χ0v) is 14.2. The van der Waals surface area contributed by atoms with E-state index in [2.05, 4.69) is 12.1 Å². The minimum atomic E-state index is -3.23. The predicted octanol–water partition coefficient (Wildman–Crippen LogP) is 2.17. The Morgan fingerprint density at radius 3 is 2.52 bits per heavy atom. The molecule has 2 heterocycles. The van der Waals surface area contributed by atoms with Crippen molar-refractivity contribution in [2.45, 2.75) is 38.1 Å². The van der Waals surface area contributed by atoms with E-state index in [0.717, 1.165) is 31.2 Å². The van der Waals surface area contributed by atoms with Crippen LogP contribution in [0.5, 0.6) is 0 Å². The lowest BCUT2D eigenvalue weighted by Gasteiger charge is -2.31. The van der Waals surface area contributed by atoms with Crippen molar-refractivity contribution in [2.24, 2.45) is 0 Å². The molecule has 0 aromatic heterocycles. The molecule has 0 bridgehead atoms. The van der Waals surface area contributed by atoms with E-state index in [9.17, 15) is 13.2 Å². The van der Waals surface area contributed by atoms with Gasteiger partial charge in [0, 0.05) is 13.1 Å². The Hall–Kier alpha value is -1.40. The van der Waals surface area contributed by atoms with Gasteiger partial charge in [-0.15, -0.1) is 0 Å². The molecule has 126 valence electrons. The van der Waals surface area contributed by atoms with Crippen LogP contribution in [0, 0.1) is 0 Å². The molecule has 1 aromatic rings. The number of sulfonamides is 1. The standard InChI is InChI=1S/C17H24N2O3S/c20-17(14-18-11-7-13-23(18,21)22)19-12-6-2-5-10-16(19)15-8-3-1-4-9-15/h1,3-4,8-9,16H,2,5-7,10-14H2. The number of hydrogen-bond donors (Lipinski definition) is 0. The van der Waals surface area contributed by atoms with Crippen molar-refractivity contribution in [3.05, 3.63) is 35.9 Å². The van der Waals surface area contributed by atoms with E-state index in [0.29, 0.717) is 19.5 Å². The lowest BCUT2D eigenvalue weighted by Crippen LogP contribution is -2.42. The maximum absolute atomic E-state index is 12.8. The van der Waals surface area contributed by atoms with Crippen molar-refractivity contribution in [2.75, 3.05) is 25.4 Å². The summed E-state index contributed by atoms with van der Waals surface area (Å²) >= 11 is 0. The van der Waals surface area contributed by atoms with Gasteiger partial charge in [0.1, 0.15) is 0 Å². The van der Waals surface area contributed by atoms with Gasteiger partial charge in [-0.1, -0.05) is 43.2 Å². The van der Waals surface area contributed by atoms with Crippen LogP contribution in [0.1, 0.15) is 43.7 Å². The second-order valence-corrected chi connectivity index (χ2v) is 8.45. The van der Waals surface area contributed by atoms with Gasteiger partial charge in [-0.25, -0.2) is 8.42 Å². The lowest BCUT2D eigenvalue weighted by molar-refractivity contribution is -0.133. The highest BCUT2D eigenvalue weighted by Gasteiger charge is 2.33. The summed E-state index contributed by atoms with van der Waals surface area (Å²) in [5.41, 5.74) is 1.15. The number of nitrogens with zero attached hydrogens (tertiary/aromatic N) is 2. The molecule has 0 saturated carbocycles. The number of rotatable bonds is 3. The highest BCUT2D eigenvalue weighted by molar-refractivity contribution is 7.89. The molecule has 2 saturated heterocycles. The zero-order valence-electron chi connectivity index (χ0n) is 13.4. The van der Waals surface area contributed by atoms with Crippen LogP contribution >= 0.6 is 0 Å². The number of benzene rings is 1. The Balaban J connectivity index is 1.78. The Labute approximate surface area is 138 Å². The minimum Gasteiger partial charge on any atom is -0.335 e. The first-order valence-electron chi connectivity index (χ1n) is 8.40. The van der Waals surface area contributed by atoms with Gasteiger partial charge in [0.05, 0.1) is 18.3 Å². The van der Waals surface area contributed by atoms with Crippen LogP contribution in [0.25, 0.3) is 0 Å². The molecular weight excluding hydrogens is 312 g/mol. The summed E-state index contributed by atoms with van der Waals surface area (Å²) in [6.45, 7) is 1.18. The molecule has 1 aromatic carbocycles. The van der Waals surface area contributed by atoms with Crippen LogP contribution in [0.3, 0.4) is 0 Å². The SMILES string of the molecule is O=C(CN1CCCS1(=O)=O)N1CCCCCC1c1ccccc1. The molecule has 0 radical (unpaired) electrons. The molecule has 1 unspecified atom stereocenters. The fraction of sp³-hybridized carbons (Fsp3) is 0.588. The second kappa shape index (κ2) is 7.01. The largest absolute Gasteiger partial charge is 0.335 e. The van der Waals surface area contributed by atoms with Crippen LogP contribution in [0.4, 0.5) is 0 Å². The molecule has 1 atom stereocenters. The van der Waals surface area contributed by atoms with Crippen molar-refractivity contribution < 1.29 is 13.2 Å². The van der Waals surface area contributed by atoms with E-state index >= 15 is 0 Å². The van der Waals surface area contributed by atoms with Crippen LogP contribution < -0.4 is 0 Å². The first-order valence-corrected chi connectivity index (χ1v) is 10.0. The lowest BCUT2D eigenvalue weighted by atomic mass is 10.0. The maximum atomic E-state index is 12.8. The van der Waals surface area contributed by atoms with E-state index in [4.69, 9.17) is 0 Å². The third-order valence-corrected chi connectivity index (χ3v) is 6.68. The van der Waals surface area contributed by atoms with Gasteiger partial charge in [-0.3, -0.25) is 4.79 Å². The molecule has 5 nitrogen and oxygen atoms in total. The average Bonchev–Trinajstić information content (AvgIpc) is 2.76. The molecule has 1 amide bonds. The summed E-state index contributed by atoms with van der Waals surface area (Å²) in [5.74, 6) is 0.105. The van der Waals surface area contributed by atoms with E-state index in [-0.39, 0.29) is 24.2 Å². The van der Waals surface area contributed by atoms with Gasteiger partial charge in [0.25, 0.3) is 0 Å². The number of amides is 1. The molecule has 23 heavy (non-hydrogen) atoms. The Morgan fingerprint density at radius 2 is 1.83 bits per heavy atom. The predicted molar refractivity (Wildman–Crippen MR) is 89.3 cm³/mol. The van der Waals surface area contributed by atoms with Crippen molar-refractivity contribution in [3.63, 3.8) is 0 Å². The normalized spacial score (nSPS) is 25.2. The quantitative estimate of drug-likeness (QED) is 0.850. The zero-order chi connectivity index (χ0) is 16.3. The van der Waals surface area contributed by atoms with E-state index < -0.39 is 10.0 Å². The van der Waals surface area contributed by atoms with Crippen LogP contribution in [0.15, 0.2) is 30.3 Å². The van der Waals surface area contributed by atoms with Crippen molar-refractivity contribution in [1.82, 2.24) is 9.21 Å². The maximum Gasteiger partial charge on any atom is 0.238 e. The van der Waals surface area contributed by atoms with Crippen LogP contribution in [0.2, 0.25) is 0 Å². The summed E-state index contributed by atoms with van der Waals surface area (Å²) in [4.78, 5) is 14.7. The number of likely N-dealkylation sites (tertiary alicyclic amines) is 1. The first kappa shape index (κ1) is 16.5. The molecule has 2 aliphatic heterocycles. The summed E-state index contributed by atoms with van der Waals surface area (Å²) in [6.07, 6.45) is 4.78. The molecule has 2 aliphatic rings. The van der Waals surface area contributed by atoms with Crippen molar-refractivity contribution in [1.29, 1.82) is 0 Å². The molecule has 3 rings (SSSR count). The molecule has 2 fully saturated rings. The Bertz CT molecular complexity index is 645. The highest BCUT2D eigenvalue weighted by Crippen LogP contribution is 2.30. The van der Waals surface area contributed by atoms with E-state index in [1.165, 1.54) is 4.31 Å². The molecule has 0 aliphatic carbocycles.